The second-order valence-corrected chi connectivity index (χ2v) is 4.49. The Kier molecular flexibility index (Phi) is 4.20. The molecule has 1 rings (SSSR count). The number of hydrogen-bond donors (Lipinski definition) is 0. The van der Waals surface area contributed by atoms with Gasteiger partial charge in [-0.15, -0.1) is 0 Å². The zero-order valence-electron chi connectivity index (χ0n) is 6.40. The number of aromatic nitrogens is 1. The van der Waals surface area contributed by atoms with E-state index in [1.807, 2.05) is 0 Å². The van der Waals surface area contributed by atoms with E-state index in [0.29, 0.717) is 0 Å². The molecular weight excluding hydrogens is 394 g/mol. The van der Waals surface area contributed by atoms with Gasteiger partial charge in [-0.1, -0.05) is 15.9 Å². The minimum absolute atomic E-state index is 0.0488. The predicted octanol–water partition coefficient (Wildman–Crippen LogP) is 3.77. The molecular formula is C7H2BrClF2INO. The monoisotopic (exact) mass is 395 g/mol. The predicted molar refractivity (Wildman–Crippen MR) is 59.8 cm³/mol. The van der Waals surface area contributed by atoms with Crippen molar-refractivity contribution < 1.29 is 13.6 Å². The van der Waals surface area contributed by atoms with Crippen molar-refractivity contribution in [3.8, 4) is 0 Å². The number of carbonyl (C=O) groups excluding carboxylic acids is 1. The van der Waals surface area contributed by atoms with E-state index >= 15 is 0 Å². The largest absolute Gasteiger partial charge is 0.274 e. The number of alkyl halides is 2. The summed E-state index contributed by atoms with van der Waals surface area (Å²) in [4.78, 5) is 14.4. The maximum Gasteiger partial charge on any atom is 0.270 e. The van der Waals surface area contributed by atoms with E-state index in [2.05, 4.69) is 20.9 Å². The summed E-state index contributed by atoms with van der Waals surface area (Å²) in [7, 11) is 0. The van der Waals surface area contributed by atoms with Crippen molar-refractivity contribution in [3.63, 3.8) is 0 Å². The van der Waals surface area contributed by atoms with Crippen LogP contribution < -0.4 is 0 Å². The van der Waals surface area contributed by atoms with Crippen molar-refractivity contribution in [1.29, 1.82) is 0 Å². The van der Waals surface area contributed by atoms with Crippen LogP contribution in [0.3, 0.4) is 0 Å². The molecule has 0 aliphatic carbocycles. The van der Waals surface area contributed by atoms with Crippen LogP contribution in [0.4, 0.5) is 8.78 Å². The van der Waals surface area contributed by atoms with Crippen molar-refractivity contribution in [2.24, 2.45) is 0 Å². The molecule has 0 N–H and O–H groups in total. The lowest BCUT2D eigenvalue weighted by atomic mass is 10.2. The Morgan fingerprint density at radius 2 is 2.21 bits per heavy atom. The third-order valence-corrected chi connectivity index (χ3v) is 3.05. The fourth-order valence-corrected chi connectivity index (χ4v) is 2.62. The highest BCUT2D eigenvalue weighted by molar-refractivity contribution is 14.1. The number of hydrogen-bond acceptors (Lipinski definition) is 2. The van der Waals surface area contributed by atoms with Crippen LogP contribution in [0.15, 0.2) is 10.5 Å². The Morgan fingerprint density at radius 3 is 2.57 bits per heavy atom. The van der Waals surface area contributed by atoms with E-state index < -0.39 is 11.7 Å². The lowest BCUT2D eigenvalue weighted by Crippen LogP contribution is -2.01. The van der Waals surface area contributed by atoms with Crippen LogP contribution in [0.2, 0.25) is 0 Å². The second kappa shape index (κ2) is 4.80. The third kappa shape index (κ3) is 2.60. The van der Waals surface area contributed by atoms with E-state index in [-0.39, 0.29) is 19.4 Å². The first-order chi connectivity index (χ1) is 6.43. The molecule has 0 unspecified atom stereocenters. The molecule has 1 aromatic heterocycles. The van der Waals surface area contributed by atoms with Gasteiger partial charge in [0.2, 0.25) is 0 Å². The van der Waals surface area contributed by atoms with Gasteiger partial charge in [0.15, 0.2) is 0 Å². The van der Waals surface area contributed by atoms with Crippen LogP contribution in [0.5, 0.6) is 0 Å². The topological polar surface area (TPSA) is 30.0 Å². The van der Waals surface area contributed by atoms with Crippen molar-refractivity contribution in [1.82, 2.24) is 4.98 Å². The molecule has 0 atom stereocenters. The summed E-state index contributed by atoms with van der Waals surface area (Å²) < 4.78 is 25.1. The summed E-state index contributed by atoms with van der Waals surface area (Å²) in [5, 5.41) is -0.774. The van der Waals surface area contributed by atoms with Crippen LogP contribution >= 0.6 is 50.1 Å². The fraction of sp³-hybridized carbons (Fsp3) is 0.143. The number of carbonyl (C=O) groups is 1. The zero-order chi connectivity index (χ0) is 10.9. The maximum absolute atomic E-state index is 12.4. The van der Waals surface area contributed by atoms with Gasteiger partial charge in [-0.2, -0.15) is 0 Å². The van der Waals surface area contributed by atoms with Gasteiger partial charge < -0.3 is 0 Å². The first-order valence-electron chi connectivity index (χ1n) is 3.27. The molecule has 76 valence electrons. The Hall–Kier alpha value is 0.180. The highest BCUT2D eigenvalue weighted by Crippen LogP contribution is 2.31. The fourth-order valence-electron chi connectivity index (χ4n) is 0.790. The first-order valence-corrected chi connectivity index (χ1v) is 5.52. The van der Waals surface area contributed by atoms with Gasteiger partial charge in [0.05, 0.1) is 5.56 Å². The molecule has 0 bridgehead atoms. The van der Waals surface area contributed by atoms with Crippen LogP contribution in [0.1, 0.15) is 22.5 Å². The minimum atomic E-state index is -2.64. The quantitative estimate of drug-likeness (QED) is 0.433. The second-order valence-electron chi connectivity index (χ2n) is 2.27. The van der Waals surface area contributed by atoms with Gasteiger partial charge in [0.1, 0.15) is 9.39 Å². The van der Waals surface area contributed by atoms with E-state index in [1.165, 1.54) is 6.07 Å². The Bertz CT molecular complexity index is 365. The average molecular weight is 396 g/mol. The van der Waals surface area contributed by atoms with Gasteiger partial charge in [0.25, 0.3) is 11.7 Å². The Balaban J connectivity index is 3.32. The lowest BCUT2D eigenvalue weighted by molar-refractivity contribution is 0.107. The van der Waals surface area contributed by atoms with Gasteiger partial charge in [-0.05, 0) is 40.3 Å². The molecule has 2 nitrogen and oxygen atoms in total. The number of halogens is 5. The number of nitrogens with zero attached hydrogens (tertiary/aromatic N) is 1. The molecule has 14 heavy (non-hydrogen) atoms. The van der Waals surface area contributed by atoms with Crippen molar-refractivity contribution in [3.05, 3.63) is 25.5 Å². The Morgan fingerprint density at radius 1 is 1.64 bits per heavy atom. The molecule has 0 fully saturated rings. The lowest BCUT2D eigenvalue weighted by Gasteiger charge is -2.06. The first kappa shape index (κ1) is 12.3. The summed E-state index contributed by atoms with van der Waals surface area (Å²) >= 11 is 9.73. The van der Waals surface area contributed by atoms with E-state index in [4.69, 9.17) is 11.6 Å². The van der Waals surface area contributed by atoms with Crippen LogP contribution in [0, 0.1) is 3.70 Å². The SMILES string of the molecule is O=C(Cl)c1cc(Br)c(C(F)F)c(I)n1. The molecule has 0 aliphatic heterocycles. The molecule has 0 amide bonds. The van der Waals surface area contributed by atoms with E-state index in [9.17, 15) is 13.6 Å². The van der Waals surface area contributed by atoms with Crippen molar-refractivity contribution >= 4 is 55.4 Å². The smallest absolute Gasteiger partial charge is 0.270 e. The summed E-state index contributed by atoms with van der Waals surface area (Å²) in [6.07, 6.45) is -2.64. The molecule has 0 spiro atoms. The minimum Gasteiger partial charge on any atom is -0.274 e. The summed E-state index contributed by atoms with van der Waals surface area (Å²) in [6.45, 7) is 0. The zero-order valence-corrected chi connectivity index (χ0v) is 10.9. The van der Waals surface area contributed by atoms with Gasteiger partial charge in [0, 0.05) is 4.47 Å². The summed E-state index contributed by atoms with van der Waals surface area (Å²) in [5.41, 5.74) is -0.278. The maximum atomic E-state index is 12.4. The van der Waals surface area contributed by atoms with Gasteiger partial charge in [-0.3, -0.25) is 4.79 Å². The molecule has 0 saturated heterocycles. The Labute approximate surface area is 105 Å². The molecule has 0 aliphatic rings. The number of rotatable bonds is 2. The third-order valence-electron chi connectivity index (χ3n) is 1.38. The van der Waals surface area contributed by atoms with Crippen molar-refractivity contribution in [2.45, 2.75) is 6.43 Å². The molecule has 1 heterocycles. The van der Waals surface area contributed by atoms with Gasteiger partial charge in [-0.25, -0.2) is 13.8 Å². The number of pyridine rings is 1. The molecule has 0 aromatic carbocycles. The highest BCUT2D eigenvalue weighted by Gasteiger charge is 2.19. The summed E-state index contributed by atoms with van der Waals surface area (Å²) in [6, 6.07) is 1.18. The van der Waals surface area contributed by atoms with E-state index in [0.717, 1.165) is 0 Å². The average Bonchev–Trinajstić information content (AvgIpc) is 2.01. The van der Waals surface area contributed by atoms with Crippen LogP contribution in [-0.2, 0) is 0 Å². The van der Waals surface area contributed by atoms with Crippen molar-refractivity contribution in [2.75, 3.05) is 0 Å². The molecule has 1 aromatic rings. The van der Waals surface area contributed by atoms with Crippen LogP contribution in [0.25, 0.3) is 0 Å². The molecule has 7 heteroatoms. The summed E-state index contributed by atoms with van der Waals surface area (Å²) in [5.74, 6) is 0. The molecule has 0 saturated carbocycles. The molecule has 0 radical (unpaired) electrons. The van der Waals surface area contributed by atoms with Gasteiger partial charge >= 0.3 is 0 Å². The normalized spacial score (nSPS) is 10.7. The van der Waals surface area contributed by atoms with Crippen LogP contribution in [-0.4, -0.2) is 10.2 Å². The van der Waals surface area contributed by atoms with E-state index in [1.54, 1.807) is 22.6 Å². The standard InChI is InChI=1S/C7H2BrClF2INO/c8-2-1-3(5(9)14)13-7(12)4(2)6(10)11/h1,6H. The highest BCUT2D eigenvalue weighted by atomic mass is 127.